The van der Waals surface area contributed by atoms with Crippen molar-refractivity contribution in [3.05, 3.63) is 24.2 Å². The van der Waals surface area contributed by atoms with Crippen LogP contribution in [0.15, 0.2) is 23.4 Å². The topological polar surface area (TPSA) is 46.8 Å². The van der Waals surface area contributed by atoms with Crippen molar-refractivity contribution in [3.8, 4) is 11.4 Å². The van der Waals surface area contributed by atoms with Crippen LogP contribution in [-0.4, -0.2) is 51.0 Å². The number of likely N-dealkylation sites (tertiary alicyclic amines) is 1. The Bertz CT molecular complexity index is 631. The highest BCUT2D eigenvalue weighted by molar-refractivity contribution is 7.98. The molecule has 3 rings (SSSR count). The maximum absolute atomic E-state index is 4.79. The molecule has 0 saturated carbocycles. The van der Waals surface area contributed by atoms with Crippen molar-refractivity contribution in [2.75, 3.05) is 26.4 Å². The Balaban J connectivity index is 1.79. The number of thioether (sulfide) groups is 1. The largest absolute Gasteiger partial charge is 0.306 e. The van der Waals surface area contributed by atoms with E-state index in [-0.39, 0.29) is 0 Å². The average Bonchev–Trinajstić information content (AvgIpc) is 2.90. The van der Waals surface area contributed by atoms with E-state index in [1.54, 1.807) is 11.8 Å². The van der Waals surface area contributed by atoms with Gasteiger partial charge in [-0.15, -0.1) is 11.8 Å². The quantitative estimate of drug-likeness (QED) is 0.811. The summed E-state index contributed by atoms with van der Waals surface area (Å²) in [5, 5.41) is 5.63. The highest BCUT2D eigenvalue weighted by atomic mass is 32.2. The van der Waals surface area contributed by atoms with Crippen LogP contribution < -0.4 is 0 Å². The first-order valence-corrected chi connectivity index (χ1v) is 8.97. The molecule has 0 amide bonds. The van der Waals surface area contributed by atoms with Gasteiger partial charge in [0.1, 0.15) is 5.03 Å². The molecular formula is C16H23N5S. The van der Waals surface area contributed by atoms with E-state index in [0.29, 0.717) is 5.92 Å². The van der Waals surface area contributed by atoms with Gasteiger partial charge < -0.3 is 4.90 Å². The number of nitrogens with zero attached hydrogens (tertiary/aromatic N) is 5. The minimum Gasteiger partial charge on any atom is -0.306 e. The lowest BCUT2D eigenvalue weighted by atomic mass is 9.94. The molecule has 0 unspecified atom stereocenters. The van der Waals surface area contributed by atoms with E-state index in [1.165, 1.54) is 25.9 Å². The van der Waals surface area contributed by atoms with E-state index in [0.717, 1.165) is 28.7 Å². The lowest BCUT2D eigenvalue weighted by Crippen LogP contribution is -2.31. The predicted octanol–water partition coefficient (Wildman–Crippen LogP) is 2.48. The van der Waals surface area contributed by atoms with Crippen LogP contribution >= 0.6 is 11.8 Å². The normalized spacial score (nSPS) is 17.0. The molecule has 5 nitrogen and oxygen atoms in total. The first-order valence-electron chi connectivity index (χ1n) is 7.75. The van der Waals surface area contributed by atoms with Crippen LogP contribution in [-0.2, 0) is 13.5 Å². The van der Waals surface area contributed by atoms with Gasteiger partial charge in [-0.25, -0.2) is 14.6 Å². The highest BCUT2D eigenvalue weighted by Crippen LogP contribution is 2.27. The van der Waals surface area contributed by atoms with Crippen LogP contribution in [0.3, 0.4) is 0 Å². The number of rotatable bonds is 4. The number of aromatic nitrogens is 4. The van der Waals surface area contributed by atoms with Crippen LogP contribution in [0.4, 0.5) is 0 Å². The van der Waals surface area contributed by atoms with Crippen molar-refractivity contribution in [1.82, 2.24) is 24.6 Å². The van der Waals surface area contributed by atoms with Gasteiger partial charge in [-0.05, 0) is 57.3 Å². The van der Waals surface area contributed by atoms with Crippen molar-refractivity contribution in [3.63, 3.8) is 0 Å². The van der Waals surface area contributed by atoms with Gasteiger partial charge in [0.05, 0.1) is 5.56 Å². The van der Waals surface area contributed by atoms with Crippen LogP contribution in [0, 0.1) is 5.92 Å². The van der Waals surface area contributed by atoms with Crippen LogP contribution in [0.2, 0.25) is 0 Å². The summed E-state index contributed by atoms with van der Waals surface area (Å²) >= 11 is 1.65. The van der Waals surface area contributed by atoms with E-state index >= 15 is 0 Å². The Labute approximate surface area is 136 Å². The molecule has 2 aromatic rings. The van der Waals surface area contributed by atoms with Crippen molar-refractivity contribution in [1.29, 1.82) is 0 Å². The summed E-state index contributed by atoms with van der Waals surface area (Å²) in [6, 6.07) is 4.03. The first-order chi connectivity index (χ1) is 10.7. The fourth-order valence-corrected chi connectivity index (χ4v) is 3.55. The van der Waals surface area contributed by atoms with E-state index in [9.17, 15) is 0 Å². The molecule has 1 fully saturated rings. The zero-order chi connectivity index (χ0) is 15.5. The standard InChI is InChI=1S/C16H23N5S/c1-20-9-6-12(7-10-20)11-14-18-15(21(2)19-14)13-5-4-8-17-16(13)22-3/h4-5,8,12H,6-7,9-11H2,1-3H3. The summed E-state index contributed by atoms with van der Waals surface area (Å²) < 4.78 is 1.89. The van der Waals surface area contributed by atoms with E-state index < -0.39 is 0 Å². The van der Waals surface area contributed by atoms with Gasteiger partial charge in [0.2, 0.25) is 0 Å². The van der Waals surface area contributed by atoms with Gasteiger partial charge in [0.15, 0.2) is 11.6 Å². The second-order valence-corrected chi connectivity index (χ2v) is 6.78. The minimum absolute atomic E-state index is 0.709. The predicted molar refractivity (Wildman–Crippen MR) is 89.9 cm³/mol. The second kappa shape index (κ2) is 6.79. The summed E-state index contributed by atoms with van der Waals surface area (Å²) in [6.07, 6.45) is 7.34. The van der Waals surface area contributed by atoms with Gasteiger partial charge in [0, 0.05) is 19.7 Å². The molecule has 118 valence electrons. The second-order valence-electron chi connectivity index (χ2n) is 5.99. The SMILES string of the molecule is CSc1ncccc1-c1nc(CC2CCN(C)CC2)nn1C. The van der Waals surface area contributed by atoms with Gasteiger partial charge in [-0.1, -0.05) is 0 Å². The van der Waals surface area contributed by atoms with Crippen LogP contribution in [0.5, 0.6) is 0 Å². The summed E-state index contributed by atoms with van der Waals surface area (Å²) in [4.78, 5) is 11.6. The molecule has 0 aromatic carbocycles. The minimum atomic E-state index is 0.709. The number of hydrogen-bond donors (Lipinski definition) is 0. The fourth-order valence-electron chi connectivity index (χ4n) is 3.01. The van der Waals surface area contributed by atoms with Crippen LogP contribution in [0.25, 0.3) is 11.4 Å². The average molecular weight is 317 g/mol. The maximum atomic E-state index is 4.79. The fraction of sp³-hybridized carbons (Fsp3) is 0.562. The molecule has 6 heteroatoms. The third-order valence-electron chi connectivity index (χ3n) is 4.32. The molecule has 0 spiro atoms. The number of piperidine rings is 1. The lowest BCUT2D eigenvalue weighted by molar-refractivity contribution is 0.217. The third kappa shape index (κ3) is 3.33. The van der Waals surface area contributed by atoms with Gasteiger partial charge >= 0.3 is 0 Å². The molecule has 3 heterocycles. The lowest BCUT2D eigenvalue weighted by Gasteiger charge is -2.28. The summed E-state index contributed by atoms with van der Waals surface area (Å²) in [5.74, 6) is 2.59. The molecule has 1 aliphatic rings. The van der Waals surface area contributed by atoms with Crippen molar-refractivity contribution < 1.29 is 0 Å². The molecule has 0 radical (unpaired) electrons. The molecule has 0 atom stereocenters. The Kier molecular flexibility index (Phi) is 4.78. The summed E-state index contributed by atoms with van der Waals surface area (Å²) in [5.41, 5.74) is 1.07. The van der Waals surface area contributed by atoms with E-state index in [2.05, 4.69) is 28.1 Å². The van der Waals surface area contributed by atoms with Gasteiger partial charge in [0.25, 0.3) is 0 Å². The molecule has 0 N–H and O–H groups in total. The first kappa shape index (κ1) is 15.5. The Morgan fingerprint density at radius 1 is 1.27 bits per heavy atom. The van der Waals surface area contributed by atoms with Crippen molar-refractivity contribution in [2.24, 2.45) is 13.0 Å². The van der Waals surface area contributed by atoms with Gasteiger partial charge in [-0.3, -0.25) is 0 Å². The third-order valence-corrected chi connectivity index (χ3v) is 5.03. The number of pyridine rings is 1. The smallest absolute Gasteiger partial charge is 0.160 e. The summed E-state index contributed by atoms with van der Waals surface area (Å²) in [7, 11) is 4.16. The van der Waals surface area contributed by atoms with Gasteiger partial charge in [-0.2, -0.15) is 5.10 Å². The van der Waals surface area contributed by atoms with Crippen molar-refractivity contribution >= 4 is 11.8 Å². The molecule has 1 aliphatic heterocycles. The molecule has 22 heavy (non-hydrogen) atoms. The molecule has 0 aliphatic carbocycles. The highest BCUT2D eigenvalue weighted by Gasteiger charge is 2.20. The summed E-state index contributed by atoms with van der Waals surface area (Å²) in [6.45, 7) is 2.37. The van der Waals surface area contributed by atoms with E-state index in [1.807, 2.05) is 30.2 Å². The zero-order valence-electron chi connectivity index (χ0n) is 13.5. The Hall–Kier alpha value is -1.40. The van der Waals surface area contributed by atoms with E-state index in [4.69, 9.17) is 4.98 Å². The molecular weight excluding hydrogens is 294 g/mol. The molecule has 0 bridgehead atoms. The molecule has 1 saturated heterocycles. The van der Waals surface area contributed by atoms with Crippen molar-refractivity contribution in [2.45, 2.75) is 24.3 Å². The number of hydrogen-bond acceptors (Lipinski definition) is 5. The monoisotopic (exact) mass is 317 g/mol. The maximum Gasteiger partial charge on any atom is 0.160 e. The molecule has 2 aromatic heterocycles. The zero-order valence-corrected chi connectivity index (χ0v) is 14.3. The Morgan fingerprint density at radius 3 is 2.77 bits per heavy atom. The number of aryl methyl sites for hydroxylation is 1. The Morgan fingerprint density at radius 2 is 2.05 bits per heavy atom. The van der Waals surface area contributed by atoms with Crippen LogP contribution in [0.1, 0.15) is 18.7 Å².